The molecule has 0 radical (unpaired) electrons. The zero-order valence-electron chi connectivity index (χ0n) is 12.0. The number of nitrogens with one attached hydrogen (secondary N) is 1. The predicted molar refractivity (Wildman–Crippen MR) is 82.8 cm³/mol. The lowest BCUT2D eigenvalue weighted by atomic mass is 10.00. The molecule has 3 nitrogen and oxygen atoms in total. The molecular weight excluding hydrogens is 246 g/mol. The van der Waals surface area contributed by atoms with Gasteiger partial charge in [0.1, 0.15) is 5.82 Å². The Hall–Kier alpha value is -1.87. The van der Waals surface area contributed by atoms with Crippen molar-refractivity contribution in [3.63, 3.8) is 0 Å². The SMILES string of the molecule is CCNCc1ccc(N2CCc3ccccc3C2)nc1. The number of fused-ring (bicyclic) bond motifs is 1. The van der Waals surface area contributed by atoms with Crippen LogP contribution in [0.1, 0.15) is 23.6 Å². The van der Waals surface area contributed by atoms with Gasteiger partial charge in [0.2, 0.25) is 0 Å². The minimum absolute atomic E-state index is 0.895. The summed E-state index contributed by atoms with van der Waals surface area (Å²) >= 11 is 0. The number of hydrogen-bond acceptors (Lipinski definition) is 3. The van der Waals surface area contributed by atoms with E-state index < -0.39 is 0 Å². The molecule has 2 heterocycles. The van der Waals surface area contributed by atoms with E-state index in [1.54, 1.807) is 0 Å². The Labute approximate surface area is 120 Å². The van der Waals surface area contributed by atoms with E-state index in [2.05, 4.69) is 58.5 Å². The third kappa shape index (κ3) is 2.83. The molecule has 1 aliphatic heterocycles. The molecule has 0 saturated heterocycles. The molecule has 0 fully saturated rings. The Bertz CT molecular complexity index is 563. The standard InChI is InChI=1S/C17H21N3/c1-2-18-11-14-7-8-17(19-12-14)20-10-9-15-5-3-4-6-16(15)13-20/h3-8,12,18H,2,9-11,13H2,1H3. The zero-order valence-corrected chi connectivity index (χ0v) is 12.0. The smallest absolute Gasteiger partial charge is 0.128 e. The molecule has 0 saturated carbocycles. The molecule has 0 unspecified atom stereocenters. The van der Waals surface area contributed by atoms with Crippen LogP contribution in [-0.4, -0.2) is 18.1 Å². The fourth-order valence-corrected chi connectivity index (χ4v) is 2.67. The van der Waals surface area contributed by atoms with E-state index in [4.69, 9.17) is 0 Å². The number of hydrogen-bond donors (Lipinski definition) is 1. The summed E-state index contributed by atoms with van der Waals surface area (Å²) in [6.45, 7) is 6.02. The van der Waals surface area contributed by atoms with Crippen molar-refractivity contribution in [3.8, 4) is 0 Å². The second kappa shape index (κ2) is 6.06. The van der Waals surface area contributed by atoms with Crippen molar-refractivity contribution < 1.29 is 0 Å². The molecule has 3 rings (SSSR count). The maximum atomic E-state index is 4.61. The van der Waals surface area contributed by atoms with Crippen LogP contribution in [0.5, 0.6) is 0 Å². The summed E-state index contributed by atoms with van der Waals surface area (Å²) in [5.74, 6) is 1.08. The fraction of sp³-hybridized carbons (Fsp3) is 0.353. The van der Waals surface area contributed by atoms with Gasteiger partial charge in [0, 0.05) is 25.8 Å². The molecule has 0 spiro atoms. The lowest BCUT2D eigenvalue weighted by molar-refractivity contribution is 0.711. The van der Waals surface area contributed by atoms with Crippen molar-refractivity contribution in [3.05, 3.63) is 59.3 Å². The van der Waals surface area contributed by atoms with Gasteiger partial charge in [-0.15, -0.1) is 0 Å². The van der Waals surface area contributed by atoms with Gasteiger partial charge >= 0.3 is 0 Å². The van der Waals surface area contributed by atoms with Crippen molar-refractivity contribution in [1.29, 1.82) is 0 Å². The van der Waals surface area contributed by atoms with Crippen LogP contribution in [-0.2, 0) is 19.5 Å². The lowest BCUT2D eigenvalue weighted by Gasteiger charge is -2.29. The van der Waals surface area contributed by atoms with E-state index in [0.717, 1.165) is 38.4 Å². The van der Waals surface area contributed by atoms with Crippen LogP contribution in [0.3, 0.4) is 0 Å². The average molecular weight is 267 g/mol. The summed E-state index contributed by atoms with van der Waals surface area (Å²) in [5, 5.41) is 3.32. The van der Waals surface area contributed by atoms with E-state index in [-0.39, 0.29) is 0 Å². The number of benzene rings is 1. The first-order valence-corrected chi connectivity index (χ1v) is 7.34. The summed E-state index contributed by atoms with van der Waals surface area (Å²) in [6.07, 6.45) is 3.09. The minimum atomic E-state index is 0.895. The number of anilines is 1. The van der Waals surface area contributed by atoms with Crippen molar-refractivity contribution in [2.24, 2.45) is 0 Å². The Morgan fingerprint density at radius 3 is 2.75 bits per heavy atom. The molecule has 3 heteroatoms. The van der Waals surface area contributed by atoms with Crippen LogP contribution >= 0.6 is 0 Å². The van der Waals surface area contributed by atoms with Gasteiger partial charge in [0.15, 0.2) is 0 Å². The van der Waals surface area contributed by atoms with Gasteiger partial charge in [-0.3, -0.25) is 0 Å². The fourth-order valence-electron chi connectivity index (χ4n) is 2.67. The third-order valence-electron chi connectivity index (χ3n) is 3.84. The molecule has 1 aliphatic rings. The summed E-state index contributed by atoms with van der Waals surface area (Å²) in [7, 11) is 0. The van der Waals surface area contributed by atoms with Crippen LogP contribution in [0.2, 0.25) is 0 Å². The highest BCUT2D eigenvalue weighted by atomic mass is 15.2. The van der Waals surface area contributed by atoms with Gasteiger partial charge in [-0.05, 0) is 35.7 Å². The second-order valence-electron chi connectivity index (χ2n) is 5.25. The Morgan fingerprint density at radius 1 is 1.15 bits per heavy atom. The highest BCUT2D eigenvalue weighted by Gasteiger charge is 2.16. The van der Waals surface area contributed by atoms with Crippen LogP contribution in [0.25, 0.3) is 0 Å². The van der Waals surface area contributed by atoms with Gasteiger partial charge < -0.3 is 10.2 Å². The van der Waals surface area contributed by atoms with Crippen molar-refractivity contribution in [1.82, 2.24) is 10.3 Å². The molecule has 20 heavy (non-hydrogen) atoms. The van der Waals surface area contributed by atoms with Gasteiger partial charge in [-0.2, -0.15) is 0 Å². The third-order valence-corrected chi connectivity index (χ3v) is 3.84. The van der Waals surface area contributed by atoms with E-state index in [1.807, 2.05) is 6.20 Å². The lowest BCUT2D eigenvalue weighted by Crippen LogP contribution is -2.30. The number of pyridine rings is 1. The van der Waals surface area contributed by atoms with Crippen LogP contribution < -0.4 is 10.2 Å². The Morgan fingerprint density at radius 2 is 2.00 bits per heavy atom. The number of aromatic nitrogens is 1. The molecule has 0 bridgehead atoms. The van der Waals surface area contributed by atoms with E-state index >= 15 is 0 Å². The largest absolute Gasteiger partial charge is 0.352 e. The summed E-state index contributed by atoms with van der Waals surface area (Å²) in [6, 6.07) is 13.0. The Balaban J connectivity index is 1.71. The average Bonchev–Trinajstić information content (AvgIpc) is 2.53. The first kappa shape index (κ1) is 13.1. The first-order chi connectivity index (χ1) is 9.86. The van der Waals surface area contributed by atoms with Crippen LogP contribution in [0.15, 0.2) is 42.6 Å². The van der Waals surface area contributed by atoms with Crippen molar-refractivity contribution in [2.75, 3.05) is 18.0 Å². The topological polar surface area (TPSA) is 28.2 Å². The molecule has 104 valence electrons. The Kier molecular flexibility index (Phi) is 3.97. The summed E-state index contributed by atoms with van der Waals surface area (Å²) in [4.78, 5) is 6.97. The second-order valence-corrected chi connectivity index (χ2v) is 5.25. The monoisotopic (exact) mass is 267 g/mol. The van der Waals surface area contributed by atoms with E-state index in [0.29, 0.717) is 0 Å². The minimum Gasteiger partial charge on any atom is -0.352 e. The molecule has 1 N–H and O–H groups in total. The van der Waals surface area contributed by atoms with Crippen LogP contribution in [0, 0.1) is 0 Å². The zero-order chi connectivity index (χ0) is 13.8. The normalized spacial score (nSPS) is 14.2. The maximum Gasteiger partial charge on any atom is 0.128 e. The number of rotatable bonds is 4. The van der Waals surface area contributed by atoms with E-state index in [1.165, 1.54) is 16.7 Å². The quantitative estimate of drug-likeness (QED) is 0.923. The molecule has 2 aromatic rings. The highest BCUT2D eigenvalue weighted by molar-refractivity contribution is 5.44. The summed E-state index contributed by atoms with van der Waals surface area (Å²) < 4.78 is 0. The summed E-state index contributed by atoms with van der Waals surface area (Å²) in [5.41, 5.74) is 4.15. The van der Waals surface area contributed by atoms with Crippen LogP contribution in [0.4, 0.5) is 5.82 Å². The molecule has 0 aliphatic carbocycles. The van der Waals surface area contributed by atoms with Crippen molar-refractivity contribution >= 4 is 5.82 Å². The number of nitrogens with zero attached hydrogens (tertiary/aromatic N) is 2. The molecule has 0 atom stereocenters. The molecule has 1 aromatic carbocycles. The van der Waals surface area contributed by atoms with Gasteiger partial charge in [-0.25, -0.2) is 4.98 Å². The van der Waals surface area contributed by atoms with Gasteiger partial charge in [0.05, 0.1) is 0 Å². The first-order valence-electron chi connectivity index (χ1n) is 7.34. The van der Waals surface area contributed by atoms with E-state index in [9.17, 15) is 0 Å². The molecule has 1 aromatic heterocycles. The predicted octanol–water partition coefficient (Wildman–Crippen LogP) is 2.75. The maximum absolute atomic E-state index is 4.61. The van der Waals surface area contributed by atoms with Gasteiger partial charge in [0.25, 0.3) is 0 Å². The highest BCUT2D eigenvalue weighted by Crippen LogP contribution is 2.22. The van der Waals surface area contributed by atoms with Crippen molar-refractivity contribution in [2.45, 2.75) is 26.4 Å². The van der Waals surface area contributed by atoms with Gasteiger partial charge in [-0.1, -0.05) is 37.3 Å². The molecular formula is C17H21N3. The molecule has 0 amide bonds.